The van der Waals surface area contributed by atoms with Crippen molar-refractivity contribution in [3.05, 3.63) is 35.9 Å². The molecule has 2 aliphatic rings. The predicted molar refractivity (Wildman–Crippen MR) is 95.2 cm³/mol. The average Bonchev–Trinajstić information content (AvgIpc) is 2.52. The molecule has 25 heavy (non-hydrogen) atoms. The molecular weight excluding hydrogens is 318 g/mol. The molecule has 0 saturated carbocycles. The third-order valence-corrected chi connectivity index (χ3v) is 5.34. The monoisotopic (exact) mass is 345 g/mol. The highest BCUT2D eigenvalue weighted by Gasteiger charge is 2.68. The molecule has 2 heterocycles. The number of hydrogen-bond donors (Lipinski definition) is 2. The highest BCUT2D eigenvalue weighted by molar-refractivity contribution is 5.81. The van der Waals surface area contributed by atoms with Gasteiger partial charge in [0.05, 0.1) is 18.2 Å². The number of carbonyl (C=O) groups excluding carboxylic acids is 2. The van der Waals surface area contributed by atoms with Gasteiger partial charge in [0.25, 0.3) is 0 Å². The van der Waals surface area contributed by atoms with E-state index in [9.17, 15) is 14.7 Å². The Morgan fingerprint density at radius 1 is 1.28 bits per heavy atom. The lowest BCUT2D eigenvalue weighted by atomic mass is 9.61. The van der Waals surface area contributed by atoms with Gasteiger partial charge in [-0.05, 0) is 19.4 Å². The molecule has 0 aliphatic carbocycles. The maximum atomic E-state index is 12.7. The van der Waals surface area contributed by atoms with Crippen LogP contribution in [0.15, 0.2) is 30.3 Å². The number of aliphatic hydroxyl groups is 1. The van der Waals surface area contributed by atoms with E-state index in [0.717, 1.165) is 5.56 Å². The molecule has 6 heteroatoms. The summed E-state index contributed by atoms with van der Waals surface area (Å²) in [7, 11) is 0. The molecular formula is C19H27N3O3. The number of amides is 3. The topological polar surface area (TPSA) is 72.9 Å². The quantitative estimate of drug-likeness (QED) is 0.870. The minimum atomic E-state index is -0.418. The fourth-order valence-electron chi connectivity index (χ4n) is 4.32. The van der Waals surface area contributed by atoms with Crippen LogP contribution in [0.3, 0.4) is 0 Å². The number of nitrogens with one attached hydrogen (secondary N) is 1. The summed E-state index contributed by atoms with van der Waals surface area (Å²) in [5.74, 6) is 0.145. The molecule has 3 rings (SSSR count). The van der Waals surface area contributed by atoms with Gasteiger partial charge >= 0.3 is 6.03 Å². The van der Waals surface area contributed by atoms with Crippen LogP contribution in [0.4, 0.5) is 4.79 Å². The summed E-state index contributed by atoms with van der Waals surface area (Å²) >= 11 is 0. The number of likely N-dealkylation sites (tertiary alicyclic amines) is 2. The third kappa shape index (κ3) is 2.78. The summed E-state index contributed by atoms with van der Waals surface area (Å²) in [6, 6.07) is 9.58. The second-order valence-electron chi connectivity index (χ2n) is 7.32. The predicted octanol–water partition coefficient (Wildman–Crippen LogP) is 1.56. The van der Waals surface area contributed by atoms with Crippen molar-refractivity contribution in [1.82, 2.24) is 15.1 Å². The second kappa shape index (κ2) is 6.67. The van der Waals surface area contributed by atoms with Crippen LogP contribution >= 0.6 is 0 Å². The van der Waals surface area contributed by atoms with Gasteiger partial charge < -0.3 is 20.2 Å². The number of nitrogens with zero attached hydrogens (tertiary/aromatic N) is 2. The van der Waals surface area contributed by atoms with E-state index >= 15 is 0 Å². The lowest BCUT2D eigenvalue weighted by Gasteiger charge is -2.70. The molecule has 1 spiro atoms. The van der Waals surface area contributed by atoms with Crippen LogP contribution in [0.2, 0.25) is 0 Å². The van der Waals surface area contributed by atoms with E-state index in [0.29, 0.717) is 19.5 Å². The molecule has 2 aliphatic heterocycles. The molecule has 1 aromatic rings. The van der Waals surface area contributed by atoms with Crippen LogP contribution in [0, 0.1) is 0 Å². The Labute approximate surface area is 148 Å². The zero-order valence-electron chi connectivity index (χ0n) is 15.1. The van der Waals surface area contributed by atoms with Crippen molar-refractivity contribution in [3.8, 4) is 0 Å². The lowest BCUT2D eigenvalue weighted by molar-refractivity contribution is -0.177. The molecule has 0 radical (unpaired) electrons. The van der Waals surface area contributed by atoms with Crippen molar-refractivity contribution in [3.63, 3.8) is 0 Å². The average molecular weight is 345 g/mol. The van der Waals surface area contributed by atoms with Crippen molar-refractivity contribution in [2.45, 2.75) is 50.7 Å². The Hall–Kier alpha value is -2.08. The Morgan fingerprint density at radius 2 is 1.92 bits per heavy atom. The van der Waals surface area contributed by atoms with Gasteiger partial charge in [0.15, 0.2) is 0 Å². The smallest absolute Gasteiger partial charge is 0.318 e. The highest BCUT2D eigenvalue weighted by Crippen LogP contribution is 2.53. The van der Waals surface area contributed by atoms with Crippen molar-refractivity contribution in [1.29, 1.82) is 0 Å². The summed E-state index contributed by atoms with van der Waals surface area (Å²) in [6.07, 6.45) is 0.466. The van der Waals surface area contributed by atoms with Gasteiger partial charge in [-0.3, -0.25) is 4.79 Å². The van der Waals surface area contributed by atoms with Gasteiger partial charge in [0.2, 0.25) is 5.91 Å². The van der Waals surface area contributed by atoms with Gasteiger partial charge in [0, 0.05) is 31.5 Å². The molecule has 0 aromatic heterocycles. The fraction of sp³-hybridized carbons (Fsp3) is 0.579. The Bertz CT molecular complexity index is 641. The van der Waals surface area contributed by atoms with E-state index in [4.69, 9.17) is 0 Å². The molecule has 1 aromatic carbocycles. The van der Waals surface area contributed by atoms with Gasteiger partial charge in [-0.1, -0.05) is 37.3 Å². The van der Waals surface area contributed by atoms with E-state index in [2.05, 4.69) is 5.32 Å². The number of urea groups is 1. The SMILES string of the molecule is CCC(=O)N1CC2(C1)[C@H](c1ccccc1)[C@H](CO)N2C(=O)NC(C)C. The summed E-state index contributed by atoms with van der Waals surface area (Å²) in [5.41, 5.74) is 0.692. The standard InChI is InChI=1S/C19H27N3O3/c1-4-16(24)21-11-19(12-21)17(14-8-6-5-7-9-14)15(10-23)22(19)18(25)20-13(2)3/h5-9,13,15,17,23H,4,10-12H2,1-3H3,(H,20,25)/t15-,17+/m0/s1. The van der Waals surface area contributed by atoms with Crippen molar-refractivity contribution in [2.24, 2.45) is 0 Å². The zero-order chi connectivity index (χ0) is 18.2. The molecule has 136 valence electrons. The lowest BCUT2D eigenvalue weighted by Crippen LogP contribution is -2.86. The molecule has 2 atom stereocenters. The first-order valence-corrected chi connectivity index (χ1v) is 8.98. The van der Waals surface area contributed by atoms with Crippen LogP contribution in [-0.4, -0.2) is 64.2 Å². The van der Waals surface area contributed by atoms with Crippen molar-refractivity contribution < 1.29 is 14.7 Å². The summed E-state index contributed by atoms with van der Waals surface area (Å²) in [6.45, 7) is 6.65. The first-order chi connectivity index (χ1) is 11.9. The molecule has 0 unspecified atom stereocenters. The van der Waals surface area contributed by atoms with Gasteiger partial charge in [-0.2, -0.15) is 0 Å². The molecule has 0 bridgehead atoms. The first-order valence-electron chi connectivity index (χ1n) is 8.98. The Morgan fingerprint density at radius 3 is 2.44 bits per heavy atom. The van der Waals surface area contributed by atoms with Crippen LogP contribution < -0.4 is 5.32 Å². The summed E-state index contributed by atoms with van der Waals surface area (Å²) in [4.78, 5) is 28.3. The van der Waals surface area contributed by atoms with E-state index < -0.39 is 5.54 Å². The van der Waals surface area contributed by atoms with E-state index in [1.54, 1.807) is 9.80 Å². The summed E-state index contributed by atoms with van der Waals surface area (Å²) < 4.78 is 0. The van der Waals surface area contributed by atoms with Crippen LogP contribution in [0.5, 0.6) is 0 Å². The maximum absolute atomic E-state index is 12.7. The van der Waals surface area contributed by atoms with Crippen LogP contribution in [0.25, 0.3) is 0 Å². The van der Waals surface area contributed by atoms with Gasteiger partial charge in [-0.15, -0.1) is 0 Å². The number of hydrogen-bond acceptors (Lipinski definition) is 3. The Balaban J connectivity index is 1.90. The van der Waals surface area contributed by atoms with E-state index in [-0.39, 0.29) is 36.5 Å². The van der Waals surface area contributed by atoms with Gasteiger partial charge in [0.1, 0.15) is 0 Å². The van der Waals surface area contributed by atoms with Crippen LogP contribution in [-0.2, 0) is 4.79 Å². The largest absolute Gasteiger partial charge is 0.394 e. The zero-order valence-corrected chi connectivity index (χ0v) is 15.1. The Kier molecular flexibility index (Phi) is 4.73. The minimum absolute atomic E-state index is 0.0214. The van der Waals surface area contributed by atoms with E-state index in [1.807, 2.05) is 51.1 Å². The fourth-order valence-corrected chi connectivity index (χ4v) is 4.32. The molecule has 2 N–H and O–H groups in total. The molecule has 2 saturated heterocycles. The number of aliphatic hydroxyl groups excluding tert-OH is 1. The normalized spacial score (nSPS) is 24.0. The number of benzene rings is 1. The molecule has 6 nitrogen and oxygen atoms in total. The maximum Gasteiger partial charge on any atom is 0.318 e. The first kappa shape index (κ1) is 17.7. The number of rotatable bonds is 4. The van der Waals surface area contributed by atoms with Gasteiger partial charge in [-0.25, -0.2) is 4.79 Å². The molecule has 3 amide bonds. The summed E-state index contributed by atoms with van der Waals surface area (Å²) in [5, 5.41) is 12.9. The van der Waals surface area contributed by atoms with Crippen LogP contribution in [0.1, 0.15) is 38.7 Å². The minimum Gasteiger partial charge on any atom is -0.394 e. The van der Waals surface area contributed by atoms with Crippen molar-refractivity contribution in [2.75, 3.05) is 19.7 Å². The van der Waals surface area contributed by atoms with Crippen molar-refractivity contribution >= 4 is 11.9 Å². The second-order valence-corrected chi connectivity index (χ2v) is 7.32. The third-order valence-electron chi connectivity index (χ3n) is 5.34. The highest BCUT2D eigenvalue weighted by atomic mass is 16.3. The molecule has 2 fully saturated rings. The van der Waals surface area contributed by atoms with E-state index in [1.165, 1.54) is 0 Å². The number of carbonyl (C=O) groups is 2.